The quantitative estimate of drug-likeness (QED) is 0.641. The molecule has 0 radical (unpaired) electrons. The lowest BCUT2D eigenvalue weighted by Gasteiger charge is -2.20. The van der Waals surface area contributed by atoms with E-state index in [0.717, 1.165) is 17.9 Å². The standard InChI is InChI=1S/C17H20ClN3O3/c1-2-19-17(21-11-13-4-3-5-22-13)20-10-12-8-14(18)16-15(9-12)23-6-7-24-16/h3-5,8-9H,2,6-7,10-11H2,1H3,(H2,19,20,21). The van der Waals surface area contributed by atoms with Crippen LogP contribution in [-0.4, -0.2) is 25.7 Å². The Morgan fingerprint density at radius 2 is 2.12 bits per heavy atom. The number of fused-ring (bicyclic) bond motifs is 1. The van der Waals surface area contributed by atoms with Gasteiger partial charge >= 0.3 is 0 Å². The van der Waals surface area contributed by atoms with Crippen LogP contribution in [0.15, 0.2) is 39.9 Å². The van der Waals surface area contributed by atoms with E-state index in [1.54, 1.807) is 6.26 Å². The molecular formula is C17H20ClN3O3. The van der Waals surface area contributed by atoms with Gasteiger partial charge in [-0.3, -0.25) is 0 Å². The van der Waals surface area contributed by atoms with Crippen LogP contribution in [0.1, 0.15) is 18.2 Å². The fraction of sp³-hybridized carbons (Fsp3) is 0.353. The second-order valence-corrected chi connectivity index (χ2v) is 5.64. The minimum atomic E-state index is 0.476. The molecule has 3 rings (SSSR count). The fourth-order valence-electron chi connectivity index (χ4n) is 2.35. The molecule has 1 aliphatic rings. The minimum absolute atomic E-state index is 0.476. The molecule has 0 saturated carbocycles. The Morgan fingerprint density at radius 3 is 2.92 bits per heavy atom. The monoisotopic (exact) mass is 349 g/mol. The zero-order chi connectivity index (χ0) is 16.8. The molecule has 128 valence electrons. The first-order valence-electron chi connectivity index (χ1n) is 7.89. The van der Waals surface area contributed by atoms with Gasteiger partial charge in [-0.25, -0.2) is 4.99 Å². The van der Waals surface area contributed by atoms with E-state index in [4.69, 9.17) is 25.5 Å². The third-order valence-electron chi connectivity index (χ3n) is 3.43. The van der Waals surface area contributed by atoms with E-state index in [1.807, 2.05) is 31.2 Å². The number of rotatable bonds is 5. The van der Waals surface area contributed by atoms with Gasteiger partial charge in [-0.15, -0.1) is 0 Å². The summed E-state index contributed by atoms with van der Waals surface area (Å²) in [5, 5.41) is 6.97. The summed E-state index contributed by atoms with van der Waals surface area (Å²) in [7, 11) is 0. The molecule has 0 atom stereocenters. The minimum Gasteiger partial charge on any atom is -0.486 e. The SMILES string of the molecule is CCNC(=NCc1cc(Cl)c2c(c1)OCCO2)NCc1ccco1. The van der Waals surface area contributed by atoms with E-state index in [-0.39, 0.29) is 0 Å². The molecule has 2 aromatic rings. The number of ether oxygens (including phenoxy) is 2. The summed E-state index contributed by atoms with van der Waals surface area (Å²) in [6.45, 7) is 4.89. The molecule has 7 heteroatoms. The Morgan fingerprint density at radius 1 is 1.25 bits per heavy atom. The topological polar surface area (TPSA) is 68.0 Å². The number of aliphatic imine (C=N–C) groups is 1. The molecule has 0 aliphatic carbocycles. The molecule has 2 heterocycles. The largest absolute Gasteiger partial charge is 0.486 e. The summed E-state index contributed by atoms with van der Waals surface area (Å²) < 4.78 is 16.4. The molecule has 1 aromatic heterocycles. The van der Waals surface area contributed by atoms with E-state index in [0.29, 0.717) is 48.8 Å². The van der Waals surface area contributed by atoms with Gasteiger partial charge < -0.3 is 24.5 Å². The summed E-state index contributed by atoms with van der Waals surface area (Å²) in [5.41, 5.74) is 0.958. The van der Waals surface area contributed by atoms with E-state index in [9.17, 15) is 0 Å². The summed E-state index contributed by atoms with van der Waals surface area (Å²) in [6, 6.07) is 7.55. The van der Waals surface area contributed by atoms with Crippen LogP contribution in [0.3, 0.4) is 0 Å². The normalized spacial score (nSPS) is 13.7. The molecular weight excluding hydrogens is 330 g/mol. The number of nitrogens with zero attached hydrogens (tertiary/aromatic N) is 1. The van der Waals surface area contributed by atoms with Gasteiger partial charge in [0.25, 0.3) is 0 Å². The zero-order valence-corrected chi connectivity index (χ0v) is 14.2. The predicted octanol–water partition coefficient (Wildman–Crippen LogP) is 2.96. The molecule has 0 bridgehead atoms. The van der Waals surface area contributed by atoms with Gasteiger partial charge in [0.2, 0.25) is 0 Å². The lowest BCUT2D eigenvalue weighted by atomic mass is 10.2. The van der Waals surface area contributed by atoms with Crippen LogP contribution in [0.5, 0.6) is 11.5 Å². The average Bonchev–Trinajstić information content (AvgIpc) is 3.11. The Bertz CT molecular complexity index is 701. The second kappa shape index (κ2) is 7.97. The van der Waals surface area contributed by atoms with Crippen LogP contribution in [-0.2, 0) is 13.1 Å². The van der Waals surface area contributed by atoms with Crippen molar-refractivity contribution in [2.45, 2.75) is 20.0 Å². The molecule has 0 amide bonds. The number of benzene rings is 1. The van der Waals surface area contributed by atoms with E-state index >= 15 is 0 Å². The van der Waals surface area contributed by atoms with Crippen LogP contribution in [0.4, 0.5) is 0 Å². The predicted molar refractivity (Wildman–Crippen MR) is 92.8 cm³/mol. The van der Waals surface area contributed by atoms with E-state index in [2.05, 4.69) is 15.6 Å². The van der Waals surface area contributed by atoms with Crippen molar-refractivity contribution in [3.05, 3.63) is 46.9 Å². The highest BCUT2D eigenvalue weighted by molar-refractivity contribution is 6.32. The van der Waals surface area contributed by atoms with Gasteiger partial charge in [0.1, 0.15) is 19.0 Å². The molecule has 1 aliphatic heterocycles. The number of hydrogen-bond donors (Lipinski definition) is 2. The average molecular weight is 350 g/mol. The van der Waals surface area contributed by atoms with Crippen molar-refractivity contribution >= 4 is 17.6 Å². The van der Waals surface area contributed by atoms with Crippen molar-refractivity contribution in [2.75, 3.05) is 19.8 Å². The highest BCUT2D eigenvalue weighted by Gasteiger charge is 2.16. The molecule has 0 unspecified atom stereocenters. The first-order chi connectivity index (χ1) is 11.8. The maximum atomic E-state index is 6.26. The maximum absolute atomic E-state index is 6.26. The van der Waals surface area contributed by atoms with Crippen molar-refractivity contribution in [1.82, 2.24) is 10.6 Å². The summed E-state index contributed by atoms with van der Waals surface area (Å²) in [4.78, 5) is 4.57. The lowest BCUT2D eigenvalue weighted by molar-refractivity contribution is 0.171. The zero-order valence-electron chi connectivity index (χ0n) is 13.5. The summed E-state index contributed by atoms with van der Waals surface area (Å²) in [5.74, 6) is 2.84. The van der Waals surface area contributed by atoms with Crippen molar-refractivity contribution in [3.8, 4) is 11.5 Å². The van der Waals surface area contributed by atoms with Crippen molar-refractivity contribution in [3.63, 3.8) is 0 Å². The van der Waals surface area contributed by atoms with Crippen LogP contribution in [0.2, 0.25) is 5.02 Å². The summed E-state index contributed by atoms with van der Waals surface area (Å²) in [6.07, 6.45) is 1.65. The van der Waals surface area contributed by atoms with Crippen LogP contribution < -0.4 is 20.1 Å². The number of hydrogen-bond acceptors (Lipinski definition) is 4. The molecule has 0 fully saturated rings. The Kier molecular flexibility index (Phi) is 5.48. The van der Waals surface area contributed by atoms with E-state index < -0.39 is 0 Å². The molecule has 24 heavy (non-hydrogen) atoms. The lowest BCUT2D eigenvalue weighted by Crippen LogP contribution is -2.36. The molecule has 2 N–H and O–H groups in total. The second-order valence-electron chi connectivity index (χ2n) is 5.23. The maximum Gasteiger partial charge on any atom is 0.191 e. The number of halogens is 1. The third kappa shape index (κ3) is 4.14. The number of nitrogens with one attached hydrogen (secondary N) is 2. The van der Waals surface area contributed by atoms with Crippen molar-refractivity contribution in [1.29, 1.82) is 0 Å². The van der Waals surface area contributed by atoms with Gasteiger partial charge in [0, 0.05) is 6.54 Å². The summed E-state index contributed by atoms with van der Waals surface area (Å²) >= 11 is 6.26. The molecule has 1 aromatic carbocycles. The van der Waals surface area contributed by atoms with Gasteiger partial charge in [-0.05, 0) is 36.8 Å². The number of guanidine groups is 1. The van der Waals surface area contributed by atoms with Crippen LogP contribution in [0, 0.1) is 0 Å². The Balaban J connectivity index is 1.68. The van der Waals surface area contributed by atoms with Gasteiger partial charge in [-0.1, -0.05) is 11.6 Å². The first-order valence-corrected chi connectivity index (χ1v) is 8.26. The smallest absolute Gasteiger partial charge is 0.191 e. The molecule has 0 saturated heterocycles. The highest BCUT2D eigenvalue weighted by Crippen LogP contribution is 2.38. The Labute approximate surface area is 145 Å². The van der Waals surface area contributed by atoms with Gasteiger partial charge in [-0.2, -0.15) is 0 Å². The first kappa shape index (κ1) is 16.5. The van der Waals surface area contributed by atoms with Crippen molar-refractivity contribution in [2.24, 2.45) is 4.99 Å². The molecule has 6 nitrogen and oxygen atoms in total. The van der Waals surface area contributed by atoms with Crippen molar-refractivity contribution < 1.29 is 13.9 Å². The van der Waals surface area contributed by atoms with Gasteiger partial charge in [0.15, 0.2) is 17.5 Å². The van der Waals surface area contributed by atoms with Crippen LogP contribution >= 0.6 is 11.6 Å². The molecule has 0 spiro atoms. The van der Waals surface area contributed by atoms with E-state index in [1.165, 1.54) is 0 Å². The van der Waals surface area contributed by atoms with Crippen LogP contribution in [0.25, 0.3) is 0 Å². The van der Waals surface area contributed by atoms with Gasteiger partial charge in [0.05, 0.1) is 24.4 Å². The fourth-order valence-corrected chi connectivity index (χ4v) is 2.64. The Hall–Kier alpha value is -2.34. The number of furan rings is 1. The highest BCUT2D eigenvalue weighted by atomic mass is 35.5. The third-order valence-corrected chi connectivity index (χ3v) is 3.71.